The van der Waals surface area contributed by atoms with Crippen molar-refractivity contribution >= 4 is 5.91 Å². The van der Waals surface area contributed by atoms with E-state index in [0.717, 1.165) is 44.7 Å². The molecule has 2 saturated heterocycles. The zero-order valence-corrected chi connectivity index (χ0v) is 14.4. The summed E-state index contributed by atoms with van der Waals surface area (Å²) < 4.78 is 7.72. The summed E-state index contributed by atoms with van der Waals surface area (Å²) in [5.74, 6) is 1.29. The molecule has 6 nitrogen and oxygen atoms in total. The van der Waals surface area contributed by atoms with Crippen molar-refractivity contribution in [1.82, 2.24) is 19.4 Å². The van der Waals surface area contributed by atoms with Crippen LogP contribution in [0.25, 0.3) is 0 Å². The van der Waals surface area contributed by atoms with Crippen molar-refractivity contribution < 1.29 is 9.53 Å². The Bertz CT molecular complexity index is 536. The number of carbonyl (C=O) groups excluding carboxylic acids is 1. The summed E-state index contributed by atoms with van der Waals surface area (Å²) >= 11 is 0. The van der Waals surface area contributed by atoms with Crippen LogP contribution in [0.1, 0.15) is 45.0 Å². The van der Waals surface area contributed by atoms with Gasteiger partial charge in [-0.1, -0.05) is 0 Å². The minimum absolute atomic E-state index is 0.0737. The van der Waals surface area contributed by atoms with E-state index in [4.69, 9.17) is 4.74 Å². The number of rotatable bonds is 5. The third-order valence-corrected chi connectivity index (χ3v) is 5.05. The first kappa shape index (κ1) is 16.5. The van der Waals surface area contributed by atoms with Crippen LogP contribution in [0.5, 0.6) is 0 Å². The van der Waals surface area contributed by atoms with E-state index in [0.29, 0.717) is 12.6 Å². The number of amides is 1. The first-order valence-electron chi connectivity index (χ1n) is 8.67. The number of likely N-dealkylation sites (tertiary alicyclic amines) is 2. The maximum Gasteiger partial charge on any atom is 0.240 e. The second-order valence-electron chi connectivity index (χ2n) is 6.92. The minimum atomic E-state index is -0.0737. The predicted molar refractivity (Wildman–Crippen MR) is 88.0 cm³/mol. The van der Waals surface area contributed by atoms with Gasteiger partial charge in [0, 0.05) is 45.2 Å². The van der Waals surface area contributed by atoms with Crippen LogP contribution in [0.2, 0.25) is 0 Å². The Morgan fingerprint density at radius 2 is 2.13 bits per heavy atom. The highest BCUT2D eigenvalue weighted by Crippen LogP contribution is 2.25. The molecule has 1 aromatic heterocycles. The lowest BCUT2D eigenvalue weighted by atomic mass is 10.1. The summed E-state index contributed by atoms with van der Waals surface area (Å²) in [5, 5.41) is 0. The van der Waals surface area contributed by atoms with Crippen LogP contribution in [0.3, 0.4) is 0 Å². The highest BCUT2D eigenvalue weighted by molar-refractivity contribution is 5.82. The second-order valence-corrected chi connectivity index (χ2v) is 6.92. The molecule has 128 valence electrons. The fourth-order valence-corrected chi connectivity index (χ4v) is 3.73. The average molecular weight is 320 g/mol. The van der Waals surface area contributed by atoms with Crippen LogP contribution in [0.4, 0.5) is 0 Å². The lowest BCUT2D eigenvalue weighted by Crippen LogP contribution is -2.44. The Labute approximate surface area is 138 Å². The Hall–Kier alpha value is -1.40. The highest BCUT2D eigenvalue weighted by atomic mass is 16.5. The van der Waals surface area contributed by atoms with Crippen molar-refractivity contribution in [1.29, 1.82) is 0 Å². The van der Waals surface area contributed by atoms with Crippen molar-refractivity contribution in [3.05, 3.63) is 18.2 Å². The van der Waals surface area contributed by atoms with Gasteiger partial charge >= 0.3 is 0 Å². The number of carbonyl (C=O) groups is 1. The predicted octanol–water partition coefficient (Wildman–Crippen LogP) is 1.68. The molecule has 0 bridgehead atoms. The molecule has 3 rings (SSSR count). The van der Waals surface area contributed by atoms with Crippen LogP contribution in [0.15, 0.2) is 12.4 Å². The van der Waals surface area contributed by atoms with Gasteiger partial charge < -0.3 is 14.2 Å². The number of hydrogen-bond donors (Lipinski definition) is 0. The van der Waals surface area contributed by atoms with Gasteiger partial charge in [-0.05, 0) is 33.1 Å². The van der Waals surface area contributed by atoms with E-state index in [-0.39, 0.29) is 18.1 Å². The Morgan fingerprint density at radius 1 is 1.39 bits per heavy atom. The second kappa shape index (κ2) is 7.01. The van der Waals surface area contributed by atoms with Crippen molar-refractivity contribution in [2.45, 2.75) is 57.8 Å². The van der Waals surface area contributed by atoms with Crippen LogP contribution < -0.4 is 0 Å². The minimum Gasteiger partial charge on any atom is -0.380 e. The van der Waals surface area contributed by atoms with Crippen LogP contribution >= 0.6 is 0 Å². The zero-order chi connectivity index (χ0) is 16.4. The summed E-state index contributed by atoms with van der Waals surface area (Å²) in [4.78, 5) is 21.6. The molecule has 0 N–H and O–H groups in total. The third kappa shape index (κ3) is 3.43. The van der Waals surface area contributed by atoms with Gasteiger partial charge in [0.15, 0.2) is 0 Å². The quantitative estimate of drug-likeness (QED) is 0.828. The number of aromatic nitrogens is 2. The molecule has 0 aliphatic carbocycles. The fraction of sp³-hybridized carbons (Fsp3) is 0.765. The first-order valence-corrected chi connectivity index (χ1v) is 8.67. The molecule has 0 radical (unpaired) electrons. The SMILES string of the molecule is CO[C@H]1C[C@@H](C(=O)N2CCCC2)N(Cc2nccn2C(C)C)C1. The molecular weight excluding hydrogens is 292 g/mol. The number of methoxy groups -OCH3 is 1. The lowest BCUT2D eigenvalue weighted by molar-refractivity contribution is -0.135. The summed E-state index contributed by atoms with van der Waals surface area (Å²) in [5.41, 5.74) is 0. The summed E-state index contributed by atoms with van der Waals surface area (Å²) in [6.07, 6.45) is 7.04. The van der Waals surface area contributed by atoms with E-state index in [2.05, 4.69) is 28.3 Å². The van der Waals surface area contributed by atoms with E-state index >= 15 is 0 Å². The van der Waals surface area contributed by atoms with Gasteiger partial charge in [-0.15, -0.1) is 0 Å². The molecule has 0 saturated carbocycles. The molecule has 2 fully saturated rings. The van der Waals surface area contributed by atoms with Gasteiger partial charge in [0.1, 0.15) is 5.82 Å². The number of ether oxygens (including phenoxy) is 1. The van der Waals surface area contributed by atoms with Gasteiger partial charge in [-0.2, -0.15) is 0 Å². The Kier molecular flexibility index (Phi) is 5.02. The Balaban J connectivity index is 1.74. The first-order chi connectivity index (χ1) is 11.1. The van der Waals surface area contributed by atoms with Gasteiger partial charge in [-0.25, -0.2) is 4.98 Å². The Morgan fingerprint density at radius 3 is 2.78 bits per heavy atom. The molecule has 2 atom stereocenters. The molecule has 23 heavy (non-hydrogen) atoms. The topological polar surface area (TPSA) is 50.6 Å². The number of nitrogens with zero attached hydrogens (tertiary/aromatic N) is 4. The van der Waals surface area contributed by atoms with Gasteiger partial charge in [0.25, 0.3) is 0 Å². The molecule has 1 amide bonds. The molecule has 0 aromatic carbocycles. The van der Waals surface area contributed by atoms with E-state index < -0.39 is 0 Å². The highest BCUT2D eigenvalue weighted by Gasteiger charge is 2.39. The van der Waals surface area contributed by atoms with Crippen LogP contribution in [0, 0.1) is 0 Å². The van der Waals surface area contributed by atoms with E-state index in [1.807, 2.05) is 17.3 Å². The van der Waals surface area contributed by atoms with Crippen LogP contribution in [-0.4, -0.2) is 64.1 Å². The monoisotopic (exact) mass is 320 g/mol. The van der Waals surface area contributed by atoms with Crippen molar-refractivity contribution in [3.63, 3.8) is 0 Å². The van der Waals surface area contributed by atoms with Crippen molar-refractivity contribution in [2.75, 3.05) is 26.7 Å². The molecule has 0 unspecified atom stereocenters. The van der Waals surface area contributed by atoms with E-state index in [1.165, 1.54) is 0 Å². The molecule has 6 heteroatoms. The van der Waals surface area contributed by atoms with Crippen LogP contribution in [-0.2, 0) is 16.1 Å². The average Bonchev–Trinajstić information content (AvgIpc) is 3.27. The standard InChI is InChI=1S/C17H28N4O2/c1-13(2)21-9-6-18-16(21)12-20-11-14(23-3)10-15(20)17(22)19-7-4-5-8-19/h6,9,13-15H,4-5,7-8,10-12H2,1-3H3/t14-,15-/m0/s1. The summed E-state index contributed by atoms with van der Waals surface area (Å²) in [6, 6.07) is 0.302. The number of hydrogen-bond acceptors (Lipinski definition) is 4. The normalized spacial score (nSPS) is 25.7. The van der Waals surface area contributed by atoms with Gasteiger partial charge in [-0.3, -0.25) is 9.69 Å². The molecular formula is C17H28N4O2. The van der Waals surface area contributed by atoms with Crippen molar-refractivity contribution in [3.8, 4) is 0 Å². The fourth-order valence-electron chi connectivity index (χ4n) is 3.73. The lowest BCUT2D eigenvalue weighted by Gasteiger charge is -2.27. The molecule has 2 aliphatic rings. The van der Waals surface area contributed by atoms with Gasteiger partial charge in [0.05, 0.1) is 18.7 Å². The zero-order valence-electron chi connectivity index (χ0n) is 14.4. The maximum absolute atomic E-state index is 12.9. The molecule has 3 heterocycles. The molecule has 2 aliphatic heterocycles. The molecule has 1 aromatic rings. The van der Waals surface area contributed by atoms with E-state index in [1.54, 1.807) is 7.11 Å². The maximum atomic E-state index is 12.9. The molecule has 0 spiro atoms. The number of imidazole rings is 1. The third-order valence-electron chi connectivity index (χ3n) is 5.05. The van der Waals surface area contributed by atoms with Gasteiger partial charge in [0.2, 0.25) is 5.91 Å². The summed E-state index contributed by atoms with van der Waals surface area (Å²) in [6.45, 7) is 7.61. The van der Waals surface area contributed by atoms with Crippen molar-refractivity contribution in [2.24, 2.45) is 0 Å². The summed E-state index contributed by atoms with van der Waals surface area (Å²) in [7, 11) is 1.74. The largest absolute Gasteiger partial charge is 0.380 e. The smallest absolute Gasteiger partial charge is 0.240 e. The van der Waals surface area contributed by atoms with E-state index in [9.17, 15) is 4.79 Å².